The van der Waals surface area contributed by atoms with Gasteiger partial charge in [-0.25, -0.2) is 23.7 Å². The Kier molecular flexibility index (Phi) is 9.34. The molecule has 0 fully saturated rings. The number of amides is 2. The summed E-state index contributed by atoms with van der Waals surface area (Å²) < 4.78 is 36.1. The second kappa shape index (κ2) is 13.4. The van der Waals surface area contributed by atoms with Gasteiger partial charge in [-0.15, -0.1) is 0 Å². The Bertz CT molecular complexity index is 1790. The van der Waals surface area contributed by atoms with Crippen LogP contribution in [0.3, 0.4) is 0 Å². The Labute approximate surface area is 257 Å². The molecular weight excluding hydrogens is 588 g/mol. The zero-order valence-corrected chi connectivity index (χ0v) is 25.5. The maximum absolute atomic E-state index is 14.8. The number of fused-ring (bicyclic) bond motifs is 2. The number of nitrogens with one attached hydrogen (secondary N) is 3. The van der Waals surface area contributed by atoms with E-state index in [-0.39, 0.29) is 53.7 Å². The van der Waals surface area contributed by atoms with Crippen LogP contribution in [0.25, 0.3) is 22.6 Å². The first-order chi connectivity index (χ1) is 21.6. The molecule has 13 nitrogen and oxygen atoms in total. The van der Waals surface area contributed by atoms with Gasteiger partial charge in [0.2, 0.25) is 11.3 Å². The molecule has 0 radical (unpaired) electrons. The van der Waals surface area contributed by atoms with E-state index in [1.54, 1.807) is 16.4 Å². The van der Waals surface area contributed by atoms with Crippen molar-refractivity contribution in [1.29, 1.82) is 0 Å². The van der Waals surface area contributed by atoms with Crippen molar-refractivity contribution < 1.29 is 23.1 Å². The van der Waals surface area contributed by atoms with Gasteiger partial charge in [-0.3, -0.25) is 19.5 Å². The van der Waals surface area contributed by atoms with Gasteiger partial charge in [0.25, 0.3) is 5.91 Å². The second-order valence-corrected chi connectivity index (χ2v) is 11.0. The van der Waals surface area contributed by atoms with Gasteiger partial charge in [0.15, 0.2) is 34.6 Å². The number of hydrogen-bond donors (Lipinski definition) is 3. The van der Waals surface area contributed by atoms with Gasteiger partial charge in [-0.1, -0.05) is 20.3 Å². The Morgan fingerprint density at radius 1 is 1.13 bits per heavy atom. The molecule has 0 aliphatic carbocycles. The fourth-order valence-electron chi connectivity index (χ4n) is 5.14. The van der Waals surface area contributed by atoms with Crippen molar-refractivity contribution in [1.82, 2.24) is 39.9 Å². The molecule has 0 spiro atoms. The molecule has 0 saturated carbocycles. The smallest absolute Gasteiger partial charge is 0.274 e. The van der Waals surface area contributed by atoms with Gasteiger partial charge in [0.05, 0.1) is 30.9 Å². The minimum absolute atomic E-state index is 0.000156. The number of anilines is 1. The van der Waals surface area contributed by atoms with Gasteiger partial charge in [-0.05, 0) is 32.8 Å². The number of pyridine rings is 2. The quantitative estimate of drug-likeness (QED) is 0.201. The summed E-state index contributed by atoms with van der Waals surface area (Å²) in [5.41, 5.74) is 0.645. The lowest BCUT2D eigenvalue weighted by Crippen LogP contribution is -2.47. The third-order valence-electron chi connectivity index (χ3n) is 7.57. The van der Waals surface area contributed by atoms with Crippen LogP contribution in [0.5, 0.6) is 5.75 Å². The number of nitrogens with zero attached hydrogens (tertiary/aromatic N) is 6. The molecule has 4 aromatic rings. The topological polar surface area (TPSA) is 160 Å². The molecule has 0 saturated heterocycles. The molecule has 1 unspecified atom stereocenters. The Morgan fingerprint density at radius 2 is 1.93 bits per heavy atom. The van der Waals surface area contributed by atoms with Gasteiger partial charge in [0.1, 0.15) is 17.6 Å². The number of carbonyl (C=O) groups excluding carboxylic acids is 2. The average Bonchev–Trinajstić information content (AvgIpc) is 3.43. The summed E-state index contributed by atoms with van der Waals surface area (Å²) >= 11 is 0. The van der Waals surface area contributed by atoms with Crippen molar-refractivity contribution >= 4 is 28.7 Å². The van der Waals surface area contributed by atoms with E-state index < -0.39 is 29.0 Å². The molecule has 5 rings (SSSR count). The van der Waals surface area contributed by atoms with E-state index >= 15 is 0 Å². The first-order valence-corrected chi connectivity index (χ1v) is 14.9. The average molecular weight is 624 g/mol. The molecule has 0 bridgehead atoms. The van der Waals surface area contributed by atoms with Crippen LogP contribution in [0.1, 0.15) is 63.1 Å². The highest BCUT2D eigenvalue weighted by molar-refractivity contribution is 5.96. The summed E-state index contributed by atoms with van der Waals surface area (Å²) in [6, 6.07) is 1.60. The summed E-state index contributed by atoms with van der Waals surface area (Å²) in [7, 11) is 0. The molecule has 4 aromatic heterocycles. The molecule has 1 aliphatic rings. The standard InChI is InChI=1S/C30H35F2N9O4/c1-5-7-10-45-25-22(42)12-18(41-9-8-40(16(3)4)30(44)24(25)41)14-35-29(43)21(6-2)36-27-20(32)15-34-28(37-27)23-19-11-17(31)13-33-26(19)39-38-23/h11-13,15-16,21H,5-10,14H2,1-4H3,(H,35,43)(H,33,38,39)(H,34,36,37). The highest BCUT2D eigenvalue weighted by Gasteiger charge is 2.32. The van der Waals surface area contributed by atoms with Crippen molar-refractivity contribution in [2.75, 3.05) is 18.5 Å². The van der Waals surface area contributed by atoms with Crippen molar-refractivity contribution in [2.45, 2.75) is 72.1 Å². The van der Waals surface area contributed by atoms with Crippen LogP contribution < -0.4 is 20.8 Å². The van der Waals surface area contributed by atoms with Crippen LogP contribution >= 0.6 is 0 Å². The largest absolute Gasteiger partial charge is 0.487 e. The van der Waals surface area contributed by atoms with E-state index in [1.807, 2.05) is 20.8 Å². The van der Waals surface area contributed by atoms with Crippen LogP contribution in [-0.4, -0.2) is 71.7 Å². The molecule has 5 heterocycles. The monoisotopic (exact) mass is 623 g/mol. The van der Waals surface area contributed by atoms with Crippen LogP contribution in [-0.2, 0) is 17.9 Å². The van der Waals surface area contributed by atoms with E-state index in [0.29, 0.717) is 36.4 Å². The predicted molar refractivity (Wildman–Crippen MR) is 162 cm³/mol. The molecule has 1 atom stereocenters. The molecule has 0 aromatic carbocycles. The van der Waals surface area contributed by atoms with Crippen molar-refractivity contribution in [3.63, 3.8) is 0 Å². The number of rotatable bonds is 12. The lowest BCUT2D eigenvalue weighted by Gasteiger charge is -2.35. The Balaban J connectivity index is 1.36. The number of aromatic nitrogens is 6. The van der Waals surface area contributed by atoms with E-state index in [0.717, 1.165) is 25.2 Å². The molecule has 3 N–H and O–H groups in total. The van der Waals surface area contributed by atoms with Crippen molar-refractivity contribution in [3.05, 3.63) is 57.8 Å². The number of H-pyrrole nitrogens is 1. The Morgan fingerprint density at radius 3 is 2.67 bits per heavy atom. The lowest BCUT2D eigenvalue weighted by molar-refractivity contribution is -0.122. The zero-order valence-electron chi connectivity index (χ0n) is 25.5. The van der Waals surface area contributed by atoms with Crippen LogP contribution in [0.2, 0.25) is 0 Å². The van der Waals surface area contributed by atoms with Crippen molar-refractivity contribution in [2.24, 2.45) is 0 Å². The minimum atomic E-state index is -0.917. The number of unbranched alkanes of at least 4 members (excludes halogenated alkanes) is 1. The minimum Gasteiger partial charge on any atom is -0.487 e. The first kappa shape index (κ1) is 31.5. The molecule has 1 aliphatic heterocycles. The maximum atomic E-state index is 14.8. The lowest BCUT2D eigenvalue weighted by atomic mass is 10.1. The first-order valence-electron chi connectivity index (χ1n) is 14.9. The number of carbonyl (C=O) groups is 2. The SMILES string of the molecule is CCCCOc1c2n(c(CNC(=O)C(CC)Nc3nc(-c4n[nH]c5ncc(F)cc45)ncc3F)cc1=O)CCN(C(C)C)C2=O. The van der Waals surface area contributed by atoms with Crippen LogP contribution in [0.4, 0.5) is 14.6 Å². The second-order valence-electron chi connectivity index (χ2n) is 11.0. The van der Waals surface area contributed by atoms with E-state index in [4.69, 9.17) is 4.74 Å². The van der Waals surface area contributed by atoms with Gasteiger partial charge in [-0.2, -0.15) is 5.10 Å². The third-order valence-corrected chi connectivity index (χ3v) is 7.57. The third kappa shape index (κ3) is 6.47. The van der Waals surface area contributed by atoms with Crippen molar-refractivity contribution in [3.8, 4) is 17.3 Å². The fourth-order valence-corrected chi connectivity index (χ4v) is 5.14. The summed E-state index contributed by atoms with van der Waals surface area (Å²) in [6.45, 7) is 8.65. The van der Waals surface area contributed by atoms with Gasteiger partial charge < -0.3 is 24.8 Å². The number of hydrogen-bond acceptors (Lipinski definition) is 9. The highest BCUT2D eigenvalue weighted by Crippen LogP contribution is 2.26. The van der Waals surface area contributed by atoms with E-state index in [1.165, 1.54) is 12.1 Å². The number of ether oxygens (including phenoxy) is 1. The fraction of sp³-hybridized carbons (Fsp3) is 0.433. The summed E-state index contributed by atoms with van der Waals surface area (Å²) in [6.07, 6.45) is 3.82. The predicted octanol–water partition coefficient (Wildman–Crippen LogP) is 3.40. The maximum Gasteiger partial charge on any atom is 0.274 e. The molecule has 2 amide bonds. The zero-order chi connectivity index (χ0) is 32.2. The van der Waals surface area contributed by atoms with Gasteiger partial charge >= 0.3 is 0 Å². The summed E-state index contributed by atoms with van der Waals surface area (Å²) in [4.78, 5) is 53.7. The van der Waals surface area contributed by atoms with E-state index in [9.17, 15) is 23.2 Å². The Hall–Kier alpha value is -4.95. The number of aromatic amines is 1. The molecule has 15 heteroatoms. The molecule has 45 heavy (non-hydrogen) atoms. The molecule has 238 valence electrons. The van der Waals surface area contributed by atoms with Crippen LogP contribution in [0, 0.1) is 11.6 Å². The van der Waals surface area contributed by atoms with Crippen LogP contribution in [0.15, 0.2) is 29.3 Å². The highest BCUT2D eigenvalue weighted by atomic mass is 19.1. The van der Waals surface area contributed by atoms with Gasteiger partial charge in [0, 0.05) is 30.9 Å². The summed E-state index contributed by atoms with van der Waals surface area (Å²) in [5, 5.41) is 12.7. The summed E-state index contributed by atoms with van der Waals surface area (Å²) in [5.74, 6) is -2.41. The molecular formula is C30H35F2N9O4. The normalized spacial score (nSPS) is 13.7. The van der Waals surface area contributed by atoms with E-state index in [2.05, 4.69) is 35.8 Å². The number of halogens is 2.